The number of carboxylic acid groups (broad SMARTS) is 1. The van der Waals surface area contributed by atoms with Gasteiger partial charge in [-0.2, -0.15) is 13.2 Å². The van der Waals surface area contributed by atoms with Crippen molar-refractivity contribution in [2.75, 3.05) is 19.6 Å². The lowest BCUT2D eigenvalue weighted by molar-refractivity contribution is -0.139. The van der Waals surface area contributed by atoms with Gasteiger partial charge >= 0.3 is 12.1 Å². The van der Waals surface area contributed by atoms with Crippen molar-refractivity contribution in [3.05, 3.63) is 29.6 Å². The van der Waals surface area contributed by atoms with E-state index in [1.165, 1.54) is 6.07 Å². The fourth-order valence-electron chi connectivity index (χ4n) is 5.45. The van der Waals surface area contributed by atoms with Crippen molar-refractivity contribution in [2.24, 2.45) is 16.3 Å². The van der Waals surface area contributed by atoms with Crippen LogP contribution in [0.2, 0.25) is 0 Å². The third-order valence-electron chi connectivity index (χ3n) is 7.50. The number of alkyl halides is 3. The second kappa shape index (κ2) is 8.52. The van der Waals surface area contributed by atoms with E-state index < -0.39 is 17.7 Å². The van der Waals surface area contributed by atoms with Crippen molar-refractivity contribution >= 4 is 33.9 Å². The molecule has 1 saturated heterocycles. The van der Waals surface area contributed by atoms with E-state index in [2.05, 4.69) is 14.9 Å². The summed E-state index contributed by atoms with van der Waals surface area (Å²) in [5, 5.41) is 10.0. The number of hydrogen-bond donors (Lipinski definition) is 2. The van der Waals surface area contributed by atoms with Crippen LogP contribution in [0.3, 0.4) is 0 Å². The van der Waals surface area contributed by atoms with E-state index in [9.17, 15) is 18.0 Å². The van der Waals surface area contributed by atoms with Crippen LogP contribution in [-0.4, -0.2) is 50.7 Å². The number of amidine groups is 1. The van der Waals surface area contributed by atoms with Gasteiger partial charge < -0.3 is 15.0 Å². The first kappa shape index (κ1) is 22.6. The van der Waals surface area contributed by atoms with Gasteiger partial charge in [-0.05, 0) is 68.1 Å². The van der Waals surface area contributed by atoms with Crippen LogP contribution in [0.25, 0.3) is 11.0 Å². The number of nitrogens with zero attached hydrogens (tertiary/aromatic N) is 3. The predicted molar refractivity (Wildman–Crippen MR) is 121 cm³/mol. The number of fused-ring (bicyclic) bond motifs is 1. The topological polar surface area (TPSA) is 81.6 Å². The Labute approximate surface area is 194 Å². The van der Waals surface area contributed by atoms with Gasteiger partial charge in [0.15, 0.2) is 5.17 Å². The van der Waals surface area contributed by atoms with Crippen LogP contribution in [0.15, 0.2) is 23.2 Å². The molecule has 10 heteroatoms. The number of carbonyl (C=O) groups is 1. The number of H-pyrrole nitrogens is 1. The highest BCUT2D eigenvalue weighted by atomic mass is 32.2. The molecule has 1 aromatic carbocycles. The summed E-state index contributed by atoms with van der Waals surface area (Å²) in [4.78, 5) is 25.6. The smallest absolute Gasteiger partial charge is 0.416 e. The van der Waals surface area contributed by atoms with Crippen LogP contribution in [0.5, 0.6) is 0 Å². The second-order valence-corrected chi connectivity index (χ2v) is 10.8. The van der Waals surface area contributed by atoms with Crippen LogP contribution in [0.1, 0.15) is 61.6 Å². The Hall–Kier alpha value is -2.23. The number of aliphatic imine (C=N–C) groups is 1. The highest BCUT2D eigenvalue weighted by Crippen LogP contribution is 2.48. The molecule has 0 amide bonds. The van der Waals surface area contributed by atoms with Gasteiger partial charge in [0.1, 0.15) is 5.82 Å². The van der Waals surface area contributed by atoms with Crippen LogP contribution in [0, 0.1) is 11.3 Å². The summed E-state index contributed by atoms with van der Waals surface area (Å²) >= 11 is 1.63. The third-order valence-corrected chi connectivity index (χ3v) is 8.75. The molecule has 2 N–H and O–H groups in total. The van der Waals surface area contributed by atoms with E-state index in [4.69, 9.17) is 10.1 Å². The van der Waals surface area contributed by atoms with Crippen LogP contribution in [0.4, 0.5) is 13.2 Å². The number of thioether (sulfide) groups is 1. The number of rotatable bonds is 3. The second-order valence-electron chi connectivity index (χ2n) is 9.61. The van der Waals surface area contributed by atoms with Crippen LogP contribution in [-0.2, 0) is 11.0 Å². The predicted octanol–water partition coefficient (Wildman–Crippen LogP) is 5.47. The zero-order valence-electron chi connectivity index (χ0n) is 18.2. The molecule has 6 nitrogen and oxygen atoms in total. The number of aromatic amines is 1. The van der Waals surface area contributed by atoms with Crippen molar-refractivity contribution in [1.29, 1.82) is 0 Å². The Bertz CT molecular complexity index is 1070. The number of halogens is 3. The number of likely N-dealkylation sites (tertiary alicyclic amines) is 1. The van der Waals surface area contributed by atoms with Gasteiger partial charge in [-0.25, -0.2) is 4.98 Å². The zero-order chi connectivity index (χ0) is 23.2. The summed E-state index contributed by atoms with van der Waals surface area (Å²) in [6, 6.07) is 3.60. The number of carboxylic acids is 1. The number of imidazole rings is 1. The van der Waals surface area contributed by atoms with Gasteiger partial charge in [0.2, 0.25) is 0 Å². The summed E-state index contributed by atoms with van der Waals surface area (Å²) < 4.78 is 39.0. The Balaban J connectivity index is 1.17. The molecule has 3 aliphatic rings. The van der Waals surface area contributed by atoms with Gasteiger partial charge in [-0.3, -0.25) is 9.79 Å². The molecule has 33 heavy (non-hydrogen) atoms. The van der Waals surface area contributed by atoms with E-state index in [1.807, 2.05) is 0 Å². The maximum absolute atomic E-state index is 13.0. The van der Waals surface area contributed by atoms with E-state index in [0.717, 1.165) is 68.9 Å². The number of hydrogen-bond acceptors (Lipinski definition) is 5. The average Bonchev–Trinajstić information content (AvgIpc) is 3.42. The molecule has 2 fully saturated rings. The SMILES string of the molecule is O=C(O)CC1CCC2(CC1)CCN(C1=NCC(c3nc4cc(C(F)(F)F)ccc4[nH]3)S1)CC2. The van der Waals surface area contributed by atoms with Crippen molar-refractivity contribution in [1.82, 2.24) is 14.9 Å². The number of aromatic nitrogens is 2. The first-order valence-corrected chi connectivity index (χ1v) is 12.3. The Morgan fingerprint density at radius 1 is 1.21 bits per heavy atom. The average molecular weight is 481 g/mol. The molecule has 1 atom stereocenters. The fourth-order valence-corrected chi connectivity index (χ4v) is 6.55. The Morgan fingerprint density at radius 3 is 2.61 bits per heavy atom. The molecular weight excluding hydrogens is 453 g/mol. The molecule has 5 rings (SSSR count). The van der Waals surface area contributed by atoms with E-state index >= 15 is 0 Å². The molecule has 1 aromatic heterocycles. The molecule has 178 valence electrons. The molecule has 0 bridgehead atoms. The molecule has 1 saturated carbocycles. The molecular formula is C23H27F3N4O2S. The lowest BCUT2D eigenvalue weighted by atomic mass is 9.65. The minimum Gasteiger partial charge on any atom is -0.481 e. The lowest BCUT2D eigenvalue weighted by Gasteiger charge is -2.46. The summed E-state index contributed by atoms with van der Waals surface area (Å²) in [6.07, 6.45) is 2.34. The molecule has 0 radical (unpaired) electrons. The number of nitrogens with one attached hydrogen (secondary N) is 1. The molecule has 2 aromatic rings. The van der Waals surface area contributed by atoms with Crippen LogP contribution >= 0.6 is 11.8 Å². The van der Waals surface area contributed by atoms with E-state index in [-0.39, 0.29) is 11.7 Å². The van der Waals surface area contributed by atoms with Crippen molar-refractivity contribution in [3.8, 4) is 0 Å². The third kappa shape index (κ3) is 4.72. The summed E-state index contributed by atoms with van der Waals surface area (Å²) in [5.74, 6) is 0.290. The monoisotopic (exact) mass is 480 g/mol. The molecule has 2 aliphatic heterocycles. The molecule has 1 unspecified atom stereocenters. The molecule has 1 aliphatic carbocycles. The Kier molecular flexibility index (Phi) is 5.83. The van der Waals surface area contributed by atoms with Gasteiger partial charge in [0, 0.05) is 19.5 Å². The maximum Gasteiger partial charge on any atom is 0.416 e. The largest absolute Gasteiger partial charge is 0.481 e. The summed E-state index contributed by atoms with van der Waals surface area (Å²) in [7, 11) is 0. The van der Waals surface area contributed by atoms with Gasteiger partial charge in [0.25, 0.3) is 0 Å². The molecule has 1 spiro atoms. The lowest BCUT2D eigenvalue weighted by Crippen LogP contribution is -2.43. The minimum atomic E-state index is -4.38. The Morgan fingerprint density at radius 2 is 1.94 bits per heavy atom. The maximum atomic E-state index is 13.0. The van der Waals surface area contributed by atoms with Gasteiger partial charge in [-0.1, -0.05) is 11.8 Å². The van der Waals surface area contributed by atoms with E-state index in [0.29, 0.717) is 34.7 Å². The first-order valence-electron chi connectivity index (χ1n) is 11.5. The minimum absolute atomic E-state index is 0.0240. The zero-order valence-corrected chi connectivity index (χ0v) is 19.0. The normalized spacial score (nSPS) is 23.9. The number of aliphatic carboxylic acids is 1. The number of benzene rings is 1. The van der Waals surface area contributed by atoms with E-state index in [1.54, 1.807) is 11.8 Å². The standard InChI is InChI=1S/C23H27F3N4O2S/c24-23(25,26)15-1-2-16-17(12-15)29-20(28-16)18-13-27-21(33-18)30-9-7-22(8-10-30)5-3-14(4-6-22)11-19(31)32/h1-2,12,14,18H,3-11,13H2,(H,28,29)(H,31,32). The quantitative estimate of drug-likeness (QED) is 0.609. The first-order chi connectivity index (χ1) is 15.7. The van der Waals surface area contributed by atoms with Gasteiger partial charge in [0.05, 0.1) is 28.4 Å². The van der Waals surface area contributed by atoms with Crippen molar-refractivity contribution in [2.45, 2.75) is 56.4 Å². The number of piperidine rings is 1. The van der Waals surface area contributed by atoms with Crippen molar-refractivity contribution < 1.29 is 23.1 Å². The summed E-state index contributed by atoms with van der Waals surface area (Å²) in [5.41, 5.74) is 0.574. The van der Waals surface area contributed by atoms with Gasteiger partial charge in [-0.15, -0.1) is 0 Å². The molecule has 3 heterocycles. The summed E-state index contributed by atoms with van der Waals surface area (Å²) in [6.45, 7) is 2.44. The van der Waals surface area contributed by atoms with Crippen molar-refractivity contribution in [3.63, 3.8) is 0 Å². The van der Waals surface area contributed by atoms with Crippen LogP contribution < -0.4 is 0 Å². The highest BCUT2D eigenvalue weighted by Gasteiger charge is 2.40. The highest BCUT2D eigenvalue weighted by molar-refractivity contribution is 8.14. The fraction of sp³-hybridized carbons (Fsp3) is 0.609.